The molecule has 0 saturated heterocycles. The molecule has 0 bridgehead atoms. The third-order valence-corrected chi connectivity index (χ3v) is 4.20. The summed E-state index contributed by atoms with van der Waals surface area (Å²) in [5.41, 5.74) is 1.08. The highest BCUT2D eigenvalue weighted by Gasteiger charge is 2.16. The minimum atomic E-state index is 0.00538. The number of rotatable bonds is 9. The van der Waals surface area contributed by atoms with Gasteiger partial charge in [0.25, 0.3) is 0 Å². The van der Waals surface area contributed by atoms with Gasteiger partial charge in [0.1, 0.15) is 0 Å². The molecule has 0 N–H and O–H groups in total. The average molecular weight is 364 g/mol. The van der Waals surface area contributed by atoms with Gasteiger partial charge in [0.15, 0.2) is 11.5 Å². The van der Waals surface area contributed by atoms with Crippen LogP contribution >= 0.6 is 27.5 Å². The van der Waals surface area contributed by atoms with E-state index in [2.05, 4.69) is 22.9 Å². The molecule has 0 radical (unpaired) electrons. The molecule has 0 aliphatic rings. The zero-order valence-corrected chi connectivity index (χ0v) is 14.9. The van der Waals surface area contributed by atoms with Crippen LogP contribution in [0, 0.1) is 0 Å². The van der Waals surface area contributed by atoms with Crippen LogP contribution in [-0.2, 0) is 0 Å². The second-order valence-corrected chi connectivity index (χ2v) is 6.03. The lowest BCUT2D eigenvalue weighted by molar-refractivity contribution is 0.287. The van der Waals surface area contributed by atoms with Crippen molar-refractivity contribution in [2.45, 2.75) is 51.8 Å². The molecule has 0 spiro atoms. The van der Waals surface area contributed by atoms with E-state index in [0.717, 1.165) is 34.4 Å². The van der Waals surface area contributed by atoms with Crippen LogP contribution in [0.15, 0.2) is 16.6 Å². The van der Waals surface area contributed by atoms with E-state index in [-0.39, 0.29) is 5.38 Å². The zero-order chi connectivity index (χ0) is 15.0. The molecular weight excluding hydrogens is 340 g/mol. The Hall–Kier alpha value is -0.410. The Morgan fingerprint density at radius 3 is 2.20 bits per heavy atom. The predicted molar refractivity (Wildman–Crippen MR) is 89.2 cm³/mol. The van der Waals surface area contributed by atoms with Gasteiger partial charge in [-0.3, -0.25) is 0 Å². The minimum Gasteiger partial charge on any atom is -0.490 e. The first kappa shape index (κ1) is 17.6. The number of alkyl halides is 1. The largest absolute Gasteiger partial charge is 0.490 e. The highest BCUT2D eigenvalue weighted by molar-refractivity contribution is 9.10. The van der Waals surface area contributed by atoms with Crippen molar-refractivity contribution in [1.82, 2.24) is 0 Å². The van der Waals surface area contributed by atoms with Gasteiger partial charge in [0, 0.05) is 4.47 Å². The molecule has 0 aliphatic carbocycles. The van der Waals surface area contributed by atoms with Crippen molar-refractivity contribution in [2.24, 2.45) is 0 Å². The average Bonchev–Trinajstić information content (AvgIpc) is 2.42. The molecule has 1 aromatic carbocycles. The molecule has 0 fully saturated rings. The summed E-state index contributed by atoms with van der Waals surface area (Å²) in [4.78, 5) is 0. The van der Waals surface area contributed by atoms with Gasteiger partial charge in [-0.25, -0.2) is 0 Å². The summed E-state index contributed by atoms with van der Waals surface area (Å²) in [6, 6.07) is 3.96. The molecule has 20 heavy (non-hydrogen) atoms. The molecule has 1 unspecified atom stereocenters. The molecular formula is C16H24BrClO2. The van der Waals surface area contributed by atoms with Gasteiger partial charge in [-0.05, 0) is 38.0 Å². The van der Waals surface area contributed by atoms with Gasteiger partial charge < -0.3 is 9.47 Å². The summed E-state index contributed by atoms with van der Waals surface area (Å²) in [6.07, 6.45) is 4.55. The molecule has 0 aliphatic heterocycles. The second-order valence-electron chi connectivity index (χ2n) is 4.65. The molecule has 0 aromatic heterocycles. The predicted octanol–water partition coefficient (Wildman–Crippen LogP) is 6.11. The Labute approximate surface area is 135 Å². The molecule has 1 aromatic rings. The summed E-state index contributed by atoms with van der Waals surface area (Å²) >= 11 is 10.1. The fourth-order valence-electron chi connectivity index (χ4n) is 2.06. The molecule has 0 amide bonds. The van der Waals surface area contributed by atoms with Crippen molar-refractivity contribution in [1.29, 1.82) is 0 Å². The van der Waals surface area contributed by atoms with Crippen LogP contribution < -0.4 is 9.47 Å². The number of halogens is 2. The van der Waals surface area contributed by atoms with Crippen molar-refractivity contribution in [3.8, 4) is 11.5 Å². The molecule has 2 nitrogen and oxygen atoms in total. The summed E-state index contributed by atoms with van der Waals surface area (Å²) in [6.45, 7) is 7.36. The van der Waals surface area contributed by atoms with Gasteiger partial charge in [0.2, 0.25) is 0 Å². The van der Waals surface area contributed by atoms with E-state index in [0.29, 0.717) is 13.2 Å². The first-order valence-electron chi connectivity index (χ1n) is 7.37. The Balaban J connectivity index is 2.92. The summed E-state index contributed by atoms with van der Waals surface area (Å²) < 4.78 is 12.2. The Morgan fingerprint density at radius 2 is 1.65 bits per heavy atom. The van der Waals surface area contributed by atoms with E-state index in [1.54, 1.807) is 0 Å². The van der Waals surface area contributed by atoms with E-state index in [1.165, 1.54) is 12.8 Å². The maximum Gasteiger partial charge on any atom is 0.162 e. The van der Waals surface area contributed by atoms with Crippen molar-refractivity contribution >= 4 is 27.5 Å². The van der Waals surface area contributed by atoms with Crippen molar-refractivity contribution in [3.05, 3.63) is 22.2 Å². The smallest absolute Gasteiger partial charge is 0.162 e. The Kier molecular flexibility index (Phi) is 8.39. The van der Waals surface area contributed by atoms with Gasteiger partial charge in [0.05, 0.1) is 18.6 Å². The highest BCUT2D eigenvalue weighted by Crippen LogP contribution is 2.40. The third-order valence-electron chi connectivity index (χ3n) is 3.06. The van der Waals surface area contributed by atoms with Crippen LogP contribution in [0.3, 0.4) is 0 Å². The number of hydrogen-bond acceptors (Lipinski definition) is 2. The normalized spacial score (nSPS) is 12.2. The molecule has 114 valence electrons. The van der Waals surface area contributed by atoms with Crippen LogP contribution in [0.5, 0.6) is 11.5 Å². The lowest BCUT2D eigenvalue weighted by Gasteiger charge is -2.17. The van der Waals surface area contributed by atoms with Crippen LogP contribution in [0.2, 0.25) is 0 Å². The SMILES string of the molecule is CCCCCC(Cl)c1cc(OCC)c(OCC)cc1Br. The van der Waals surface area contributed by atoms with E-state index < -0.39 is 0 Å². The monoisotopic (exact) mass is 362 g/mol. The summed E-state index contributed by atoms with van der Waals surface area (Å²) in [5, 5.41) is 0.00538. The van der Waals surface area contributed by atoms with E-state index in [4.69, 9.17) is 21.1 Å². The maximum atomic E-state index is 6.52. The van der Waals surface area contributed by atoms with E-state index in [1.807, 2.05) is 26.0 Å². The molecule has 4 heteroatoms. The third kappa shape index (κ3) is 5.17. The molecule has 1 rings (SSSR count). The number of benzene rings is 1. The summed E-state index contributed by atoms with van der Waals surface area (Å²) in [7, 11) is 0. The molecule has 0 saturated carbocycles. The molecule has 1 atom stereocenters. The zero-order valence-electron chi connectivity index (χ0n) is 12.5. The second kappa shape index (κ2) is 9.51. The highest BCUT2D eigenvalue weighted by atomic mass is 79.9. The minimum absolute atomic E-state index is 0.00538. The standard InChI is InChI=1S/C16H24BrClO2/c1-4-7-8-9-14(18)12-10-15(19-5-2)16(20-6-3)11-13(12)17/h10-11,14H,4-9H2,1-3H3. The van der Waals surface area contributed by atoms with Crippen LogP contribution in [0.1, 0.15) is 57.4 Å². The van der Waals surface area contributed by atoms with Crippen molar-refractivity contribution < 1.29 is 9.47 Å². The topological polar surface area (TPSA) is 18.5 Å². The van der Waals surface area contributed by atoms with E-state index >= 15 is 0 Å². The Bertz CT molecular complexity index is 410. The van der Waals surface area contributed by atoms with Crippen molar-refractivity contribution in [2.75, 3.05) is 13.2 Å². The van der Waals surface area contributed by atoms with Crippen LogP contribution in [0.4, 0.5) is 0 Å². The fraction of sp³-hybridized carbons (Fsp3) is 0.625. The van der Waals surface area contributed by atoms with Crippen LogP contribution in [-0.4, -0.2) is 13.2 Å². The number of ether oxygens (including phenoxy) is 2. The van der Waals surface area contributed by atoms with Gasteiger partial charge >= 0.3 is 0 Å². The summed E-state index contributed by atoms with van der Waals surface area (Å²) in [5.74, 6) is 1.54. The van der Waals surface area contributed by atoms with Gasteiger partial charge in [-0.15, -0.1) is 11.6 Å². The Morgan fingerprint density at radius 1 is 1.05 bits per heavy atom. The van der Waals surface area contributed by atoms with Crippen molar-refractivity contribution in [3.63, 3.8) is 0 Å². The maximum absolute atomic E-state index is 6.52. The number of unbranched alkanes of at least 4 members (excludes halogenated alkanes) is 2. The quantitative estimate of drug-likeness (QED) is 0.389. The van der Waals surface area contributed by atoms with Crippen LogP contribution in [0.25, 0.3) is 0 Å². The molecule has 0 heterocycles. The lowest BCUT2D eigenvalue weighted by atomic mass is 10.1. The van der Waals surface area contributed by atoms with Gasteiger partial charge in [-0.1, -0.05) is 42.1 Å². The fourth-order valence-corrected chi connectivity index (χ4v) is 3.12. The first-order chi connectivity index (χ1) is 9.63. The first-order valence-corrected chi connectivity index (χ1v) is 8.60. The lowest BCUT2D eigenvalue weighted by Crippen LogP contribution is -2.01. The van der Waals surface area contributed by atoms with Gasteiger partial charge in [-0.2, -0.15) is 0 Å². The van der Waals surface area contributed by atoms with E-state index in [9.17, 15) is 0 Å². The number of hydrogen-bond donors (Lipinski definition) is 0.